The van der Waals surface area contributed by atoms with Crippen LogP contribution in [-0.4, -0.2) is 44.6 Å². The first-order valence-electron chi connectivity index (χ1n) is 6.11. The van der Waals surface area contributed by atoms with Crippen molar-refractivity contribution < 1.29 is 33.5 Å². The molecule has 0 unspecified atom stereocenters. The van der Waals surface area contributed by atoms with Gasteiger partial charge in [-0.05, 0) is 6.92 Å². The Morgan fingerprint density at radius 3 is 2.05 bits per heavy atom. The summed E-state index contributed by atoms with van der Waals surface area (Å²) in [5, 5.41) is 11.1. The molecular weight excluding hydrogens is 298 g/mol. The quantitative estimate of drug-likeness (QED) is 0.244. The molecule has 0 saturated carbocycles. The van der Waals surface area contributed by atoms with Crippen molar-refractivity contribution in [3.8, 4) is 17.2 Å². The zero-order valence-electron chi connectivity index (χ0n) is 12.5. The number of hydrogen-bond donors (Lipinski definition) is 0. The highest BCUT2D eigenvalue weighted by Crippen LogP contribution is 2.46. The smallest absolute Gasteiger partial charge is 0.379 e. The number of ether oxygens (including phenoxy) is 4. The normalized spacial score (nSPS) is 9.82. The van der Waals surface area contributed by atoms with Gasteiger partial charge in [0, 0.05) is 6.07 Å². The van der Waals surface area contributed by atoms with Crippen molar-refractivity contribution in [2.75, 3.05) is 27.9 Å². The number of benzene rings is 1. The minimum Gasteiger partial charge on any atom is -0.492 e. The van der Waals surface area contributed by atoms with Crippen LogP contribution >= 0.6 is 0 Å². The number of carbonyl (C=O) groups is 2. The number of ketones is 1. The Balaban J connectivity index is 3.63. The van der Waals surface area contributed by atoms with Gasteiger partial charge < -0.3 is 18.9 Å². The molecule has 0 fully saturated rings. The van der Waals surface area contributed by atoms with Gasteiger partial charge in [-0.15, -0.1) is 0 Å². The maximum absolute atomic E-state index is 12.1. The summed E-state index contributed by atoms with van der Waals surface area (Å²) in [5.74, 6) is -2.76. The lowest BCUT2D eigenvalue weighted by atomic mass is 10.1. The maximum atomic E-state index is 12.1. The molecule has 0 bridgehead atoms. The largest absolute Gasteiger partial charge is 0.492 e. The van der Waals surface area contributed by atoms with Crippen LogP contribution in [0.25, 0.3) is 0 Å². The minimum atomic E-state index is -1.15. The van der Waals surface area contributed by atoms with Crippen molar-refractivity contribution in [2.24, 2.45) is 0 Å². The molecule has 0 aliphatic heterocycles. The summed E-state index contributed by atoms with van der Waals surface area (Å²) < 4.78 is 19.6. The molecule has 9 heteroatoms. The third kappa shape index (κ3) is 3.08. The highest BCUT2D eigenvalue weighted by Gasteiger charge is 2.32. The van der Waals surface area contributed by atoms with Gasteiger partial charge in [0.05, 0.1) is 38.4 Å². The van der Waals surface area contributed by atoms with E-state index in [1.165, 1.54) is 28.3 Å². The Morgan fingerprint density at radius 1 is 1.09 bits per heavy atom. The van der Waals surface area contributed by atoms with Gasteiger partial charge in [-0.25, -0.2) is 4.79 Å². The van der Waals surface area contributed by atoms with E-state index in [1.807, 2.05) is 0 Å². The number of methoxy groups -OCH3 is 3. The van der Waals surface area contributed by atoms with Gasteiger partial charge in [0.25, 0.3) is 5.78 Å². The van der Waals surface area contributed by atoms with Crippen molar-refractivity contribution in [3.63, 3.8) is 0 Å². The highest BCUT2D eigenvalue weighted by atomic mass is 16.6. The number of esters is 1. The molecule has 0 N–H and O–H groups in total. The fourth-order valence-corrected chi connectivity index (χ4v) is 1.81. The molecule has 22 heavy (non-hydrogen) atoms. The second-order valence-electron chi connectivity index (χ2n) is 3.85. The standard InChI is InChI=1S/C13H15NO8/c1-5-22-13(16)9(15)7-6-8(14(17)18)11(20-3)12(21-4)10(7)19-2/h6H,5H2,1-4H3. The van der Waals surface area contributed by atoms with E-state index in [1.54, 1.807) is 0 Å². The fraction of sp³-hybridized carbons (Fsp3) is 0.385. The molecule has 0 aliphatic carbocycles. The second-order valence-corrected chi connectivity index (χ2v) is 3.85. The average Bonchev–Trinajstić information content (AvgIpc) is 2.51. The van der Waals surface area contributed by atoms with Crippen molar-refractivity contribution in [1.82, 2.24) is 0 Å². The molecule has 0 aromatic heterocycles. The predicted molar refractivity (Wildman–Crippen MR) is 73.7 cm³/mol. The number of carbonyl (C=O) groups excluding carboxylic acids is 2. The molecule has 1 rings (SSSR count). The molecule has 0 heterocycles. The molecular formula is C13H15NO8. The molecule has 0 amide bonds. The molecule has 1 aromatic rings. The zero-order valence-corrected chi connectivity index (χ0v) is 12.5. The van der Waals surface area contributed by atoms with Crippen molar-refractivity contribution in [1.29, 1.82) is 0 Å². The van der Waals surface area contributed by atoms with Crippen LogP contribution in [0.4, 0.5) is 5.69 Å². The highest BCUT2D eigenvalue weighted by molar-refractivity contribution is 6.41. The lowest BCUT2D eigenvalue weighted by Gasteiger charge is -2.15. The van der Waals surface area contributed by atoms with E-state index in [2.05, 4.69) is 4.74 Å². The fourth-order valence-electron chi connectivity index (χ4n) is 1.81. The predicted octanol–water partition coefficient (Wildman–Crippen LogP) is 1.37. The first kappa shape index (κ1) is 17.2. The SMILES string of the molecule is CCOC(=O)C(=O)c1cc([N+](=O)[O-])c(OC)c(OC)c1OC. The van der Waals surface area contributed by atoms with Gasteiger partial charge in [0.1, 0.15) is 0 Å². The van der Waals surface area contributed by atoms with Crippen molar-refractivity contribution >= 4 is 17.4 Å². The van der Waals surface area contributed by atoms with Crippen LogP contribution in [0.5, 0.6) is 17.2 Å². The summed E-state index contributed by atoms with van der Waals surface area (Å²) in [6, 6.07) is 0.888. The van der Waals surface area contributed by atoms with E-state index in [9.17, 15) is 19.7 Å². The molecule has 1 aromatic carbocycles. The Labute approximate surface area is 125 Å². The number of nitro groups is 1. The van der Waals surface area contributed by atoms with Crippen molar-refractivity contribution in [3.05, 3.63) is 21.7 Å². The van der Waals surface area contributed by atoms with Gasteiger partial charge >= 0.3 is 11.7 Å². The lowest BCUT2D eigenvalue weighted by Crippen LogP contribution is -2.19. The monoisotopic (exact) mass is 313 g/mol. The zero-order chi connectivity index (χ0) is 16.9. The molecule has 120 valence electrons. The molecule has 0 radical (unpaired) electrons. The van der Waals surface area contributed by atoms with Crippen molar-refractivity contribution in [2.45, 2.75) is 6.92 Å². The summed E-state index contributed by atoms with van der Waals surface area (Å²) in [6.45, 7) is 1.52. The summed E-state index contributed by atoms with van der Waals surface area (Å²) in [5.41, 5.74) is -0.877. The first-order chi connectivity index (χ1) is 10.4. The van der Waals surface area contributed by atoms with E-state index in [0.29, 0.717) is 0 Å². The van der Waals surface area contributed by atoms with Crippen LogP contribution in [0.3, 0.4) is 0 Å². The lowest BCUT2D eigenvalue weighted by molar-refractivity contribution is -0.385. The third-order valence-corrected chi connectivity index (χ3v) is 2.69. The van der Waals surface area contributed by atoms with Crippen LogP contribution in [0.2, 0.25) is 0 Å². The van der Waals surface area contributed by atoms with E-state index in [4.69, 9.17) is 14.2 Å². The number of hydrogen-bond acceptors (Lipinski definition) is 8. The Bertz CT molecular complexity index is 611. The van der Waals surface area contributed by atoms with Gasteiger partial charge in [-0.2, -0.15) is 0 Å². The summed E-state index contributed by atoms with van der Waals surface area (Å²) >= 11 is 0. The average molecular weight is 313 g/mol. The Hall–Kier alpha value is -2.84. The van der Waals surface area contributed by atoms with Gasteiger partial charge in [0.15, 0.2) is 5.75 Å². The second kappa shape index (κ2) is 7.25. The maximum Gasteiger partial charge on any atom is 0.379 e. The van der Waals surface area contributed by atoms with Gasteiger partial charge in [-0.1, -0.05) is 0 Å². The third-order valence-electron chi connectivity index (χ3n) is 2.69. The Morgan fingerprint density at radius 2 is 1.64 bits per heavy atom. The molecule has 0 spiro atoms. The number of nitrogens with zero attached hydrogens (tertiary/aromatic N) is 1. The topological polar surface area (TPSA) is 114 Å². The van der Waals surface area contributed by atoms with Crippen LogP contribution in [0.15, 0.2) is 6.07 Å². The first-order valence-corrected chi connectivity index (χ1v) is 6.11. The van der Waals surface area contributed by atoms with Crippen LogP contribution in [0, 0.1) is 10.1 Å². The van der Waals surface area contributed by atoms with Gasteiger partial charge in [0.2, 0.25) is 11.5 Å². The number of rotatable bonds is 7. The molecule has 0 aliphatic rings. The van der Waals surface area contributed by atoms with E-state index in [0.717, 1.165) is 6.07 Å². The number of nitro benzene ring substituents is 1. The summed E-state index contributed by atoms with van der Waals surface area (Å²) in [6.07, 6.45) is 0. The molecule has 9 nitrogen and oxygen atoms in total. The van der Waals surface area contributed by atoms with E-state index in [-0.39, 0.29) is 29.4 Å². The molecule has 0 atom stereocenters. The van der Waals surface area contributed by atoms with E-state index < -0.39 is 22.4 Å². The van der Waals surface area contributed by atoms with Gasteiger partial charge in [-0.3, -0.25) is 14.9 Å². The summed E-state index contributed by atoms with van der Waals surface area (Å²) in [7, 11) is 3.66. The van der Waals surface area contributed by atoms with Crippen LogP contribution < -0.4 is 14.2 Å². The summed E-state index contributed by atoms with van der Waals surface area (Å²) in [4.78, 5) is 34.0. The van der Waals surface area contributed by atoms with E-state index >= 15 is 0 Å². The number of Topliss-reactive ketones (excluding diaryl/α,β-unsaturated/α-hetero) is 1. The van der Waals surface area contributed by atoms with Crippen LogP contribution in [-0.2, 0) is 9.53 Å². The Kier molecular flexibility index (Phi) is 5.67. The van der Waals surface area contributed by atoms with Crippen LogP contribution in [0.1, 0.15) is 17.3 Å². The minimum absolute atomic E-state index is 0.0116. The molecule has 0 saturated heterocycles.